The molecule has 7 nitrogen and oxygen atoms in total. The van der Waals surface area contributed by atoms with E-state index in [9.17, 15) is 0 Å². The number of benzene rings is 1. The molecule has 0 amide bonds. The van der Waals surface area contributed by atoms with Gasteiger partial charge in [-0.05, 0) is 50.1 Å². The minimum Gasteiger partial charge on any atom is -0.496 e. The second kappa shape index (κ2) is 8.82. The first-order valence-electron chi connectivity index (χ1n) is 11.3. The van der Waals surface area contributed by atoms with Crippen molar-refractivity contribution in [1.82, 2.24) is 19.7 Å². The Bertz CT molecular complexity index is 1110. The van der Waals surface area contributed by atoms with Gasteiger partial charge in [0.25, 0.3) is 0 Å². The second-order valence-corrected chi connectivity index (χ2v) is 8.71. The average Bonchev–Trinajstić information content (AvgIpc) is 3.25. The fourth-order valence-corrected chi connectivity index (χ4v) is 4.75. The molecule has 0 radical (unpaired) electrons. The van der Waals surface area contributed by atoms with Gasteiger partial charge in [-0.1, -0.05) is 0 Å². The molecule has 168 valence electrons. The number of methoxy groups -OCH3 is 1. The van der Waals surface area contributed by atoms with E-state index in [1.807, 2.05) is 24.0 Å². The van der Waals surface area contributed by atoms with Crippen LogP contribution < -0.4 is 14.2 Å². The van der Waals surface area contributed by atoms with E-state index in [1.54, 1.807) is 7.11 Å². The zero-order valence-electron chi connectivity index (χ0n) is 19.0. The van der Waals surface area contributed by atoms with E-state index >= 15 is 0 Å². The summed E-state index contributed by atoms with van der Waals surface area (Å²) >= 11 is 0. The summed E-state index contributed by atoms with van der Waals surface area (Å²) in [6, 6.07) is 8.40. The van der Waals surface area contributed by atoms with Crippen molar-refractivity contribution in [3.8, 4) is 28.4 Å². The van der Waals surface area contributed by atoms with Crippen molar-refractivity contribution in [3.63, 3.8) is 0 Å². The molecule has 2 aliphatic heterocycles. The van der Waals surface area contributed by atoms with E-state index in [-0.39, 0.29) is 0 Å². The lowest BCUT2D eigenvalue weighted by Gasteiger charge is -2.33. The summed E-state index contributed by atoms with van der Waals surface area (Å²) in [6.07, 6.45) is 6.27. The molecule has 0 bridgehead atoms. The average molecular weight is 435 g/mol. The van der Waals surface area contributed by atoms with Gasteiger partial charge in [-0.25, -0.2) is 0 Å². The minimum absolute atomic E-state index is 0.405. The lowest BCUT2D eigenvalue weighted by molar-refractivity contribution is 0.168. The van der Waals surface area contributed by atoms with Crippen molar-refractivity contribution in [2.45, 2.75) is 32.2 Å². The number of nitrogens with zero attached hydrogens (tertiary/aromatic N) is 4. The number of fused-ring (bicyclic) bond motifs is 1. The Hall–Kier alpha value is -3.06. The maximum atomic E-state index is 5.80. The van der Waals surface area contributed by atoms with Crippen molar-refractivity contribution in [1.29, 1.82) is 0 Å². The van der Waals surface area contributed by atoms with Crippen LogP contribution in [0.15, 0.2) is 36.7 Å². The first-order valence-corrected chi connectivity index (χ1v) is 11.3. The predicted octanol–water partition coefficient (Wildman–Crippen LogP) is 3.95. The van der Waals surface area contributed by atoms with Crippen LogP contribution in [-0.4, -0.2) is 53.1 Å². The Morgan fingerprint density at radius 3 is 2.66 bits per heavy atom. The van der Waals surface area contributed by atoms with Crippen molar-refractivity contribution in [2.75, 3.05) is 33.4 Å². The van der Waals surface area contributed by atoms with E-state index in [1.165, 1.54) is 11.3 Å². The maximum absolute atomic E-state index is 5.80. The summed E-state index contributed by atoms with van der Waals surface area (Å²) in [5.74, 6) is 2.83. The number of pyridine rings is 1. The van der Waals surface area contributed by atoms with Crippen LogP contribution in [0.1, 0.15) is 35.7 Å². The van der Waals surface area contributed by atoms with E-state index in [2.05, 4.69) is 41.3 Å². The SMILES string of the molecule is COc1cc2c(cc1CN1CCCC(c3cc(-c4cnn(C)c4)cc(C)n3)C1)OCCO2. The molecule has 0 aliphatic carbocycles. The third kappa shape index (κ3) is 4.30. The van der Waals surface area contributed by atoms with E-state index in [0.717, 1.165) is 66.5 Å². The van der Waals surface area contributed by atoms with Crippen LogP contribution in [0.4, 0.5) is 0 Å². The van der Waals surface area contributed by atoms with Gasteiger partial charge in [0.05, 0.1) is 13.3 Å². The van der Waals surface area contributed by atoms with E-state index in [4.69, 9.17) is 19.2 Å². The third-order valence-corrected chi connectivity index (χ3v) is 6.27. The van der Waals surface area contributed by atoms with Crippen LogP contribution in [-0.2, 0) is 13.6 Å². The highest BCUT2D eigenvalue weighted by molar-refractivity contribution is 5.62. The van der Waals surface area contributed by atoms with Gasteiger partial charge in [-0.3, -0.25) is 14.6 Å². The van der Waals surface area contributed by atoms with E-state index in [0.29, 0.717) is 19.1 Å². The quantitative estimate of drug-likeness (QED) is 0.606. The highest BCUT2D eigenvalue weighted by Crippen LogP contribution is 2.38. The summed E-state index contributed by atoms with van der Waals surface area (Å²) in [4.78, 5) is 7.40. The Kier molecular flexibility index (Phi) is 5.74. The van der Waals surface area contributed by atoms with Crippen LogP contribution in [0.25, 0.3) is 11.1 Å². The minimum atomic E-state index is 0.405. The van der Waals surface area contributed by atoms with Gasteiger partial charge in [-0.15, -0.1) is 0 Å². The molecule has 7 heteroatoms. The zero-order chi connectivity index (χ0) is 22.1. The summed E-state index contributed by atoms with van der Waals surface area (Å²) in [5.41, 5.74) is 5.67. The normalized spacial score (nSPS) is 18.5. The molecule has 1 aromatic carbocycles. The number of aryl methyl sites for hydroxylation is 2. The molecule has 1 saturated heterocycles. The number of ether oxygens (including phenoxy) is 3. The molecule has 1 fully saturated rings. The van der Waals surface area contributed by atoms with Crippen molar-refractivity contribution in [3.05, 3.63) is 53.6 Å². The lowest BCUT2D eigenvalue weighted by atomic mass is 9.92. The van der Waals surface area contributed by atoms with Gasteiger partial charge in [0.15, 0.2) is 11.5 Å². The van der Waals surface area contributed by atoms with Gasteiger partial charge in [0.1, 0.15) is 19.0 Å². The third-order valence-electron chi connectivity index (χ3n) is 6.27. The smallest absolute Gasteiger partial charge is 0.165 e. The van der Waals surface area contributed by atoms with Crippen molar-refractivity contribution in [2.24, 2.45) is 7.05 Å². The standard InChI is InChI=1S/C25H30N4O3/c1-17-9-19(21-13-26-28(2)14-21)10-22(27-17)18-5-4-6-29(15-18)16-20-11-24-25(12-23(20)30-3)32-8-7-31-24/h9-14,18H,4-8,15-16H2,1-3H3. The summed E-state index contributed by atoms with van der Waals surface area (Å²) in [5, 5.41) is 4.33. The molecule has 1 atom stereocenters. The van der Waals surface area contributed by atoms with Gasteiger partial charge >= 0.3 is 0 Å². The highest BCUT2D eigenvalue weighted by atomic mass is 16.6. The van der Waals surface area contributed by atoms with Crippen LogP contribution in [0, 0.1) is 6.92 Å². The molecule has 0 saturated carbocycles. The molecule has 0 N–H and O–H groups in total. The predicted molar refractivity (Wildman–Crippen MR) is 122 cm³/mol. The topological polar surface area (TPSA) is 61.6 Å². The molecule has 4 heterocycles. The first kappa shape index (κ1) is 20.8. The second-order valence-electron chi connectivity index (χ2n) is 8.71. The van der Waals surface area contributed by atoms with Gasteiger partial charge < -0.3 is 14.2 Å². The molecule has 2 aliphatic rings. The number of likely N-dealkylation sites (tertiary alicyclic amines) is 1. The molecule has 1 unspecified atom stereocenters. The number of rotatable bonds is 5. The zero-order valence-corrected chi connectivity index (χ0v) is 19.0. The summed E-state index contributed by atoms with van der Waals surface area (Å²) in [7, 11) is 3.66. The molecule has 3 aromatic rings. The fraction of sp³-hybridized carbons (Fsp3) is 0.440. The number of hydrogen-bond acceptors (Lipinski definition) is 6. The number of aromatic nitrogens is 3. The summed E-state index contributed by atoms with van der Waals surface area (Å²) < 4.78 is 19.0. The van der Waals surface area contributed by atoms with Gasteiger partial charge in [0, 0.05) is 60.8 Å². The monoisotopic (exact) mass is 434 g/mol. The van der Waals surface area contributed by atoms with E-state index < -0.39 is 0 Å². The number of hydrogen-bond donors (Lipinski definition) is 0. The Balaban J connectivity index is 1.36. The number of piperidine rings is 1. The van der Waals surface area contributed by atoms with Crippen LogP contribution in [0.3, 0.4) is 0 Å². The Morgan fingerprint density at radius 1 is 1.09 bits per heavy atom. The van der Waals surface area contributed by atoms with Gasteiger partial charge in [0.2, 0.25) is 0 Å². The molecular weight excluding hydrogens is 404 g/mol. The molecular formula is C25H30N4O3. The Morgan fingerprint density at radius 2 is 1.91 bits per heavy atom. The van der Waals surface area contributed by atoms with Crippen LogP contribution >= 0.6 is 0 Å². The van der Waals surface area contributed by atoms with Crippen LogP contribution in [0.2, 0.25) is 0 Å². The maximum Gasteiger partial charge on any atom is 0.165 e. The Labute approximate surface area is 188 Å². The first-order chi connectivity index (χ1) is 15.6. The molecule has 32 heavy (non-hydrogen) atoms. The fourth-order valence-electron chi connectivity index (χ4n) is 4.75. The molecule has 0 spiro atoms. The highest BCUT2D eigenvalue weighted by Gasteiger charge is 2.25. The molecule has 5 rings (SSSR count). The largest absolute Gasteiger partial charge is 0.496 e. The molecule has 2 aromatic heterocycles. The van der Waals surface area contributed by atoms with Crippen LogP contribution in [0.5, 0.6) is 17.2 Å². The summed E-state index contributed by atoms with van der Waals surface area (Å²) in [6.45, 7) is 6.09. The van der Waals surface area contributed by atoms with Crippen molar-refractivity contribution < 1.29 is 14.2 Å². The van der Waals surface area contributed by atoms with Gasteiger partial charge in [-0.2, -0.15) is 5.10 Å². The van der Waals surface area contributed by atoms with Crippen molar-refractivity contribution >= 4 is 0 Å². The lowest BCUT2D eigenvalue weighted by Crippen LogP contribution is -2.34.